The fourth-order valence-electron chi connectivity index (χ4n) is 6.15. The fourth-order valence-corrected chi connectivity index (χ4v) is 6.15. The van der Waals surface area contributed by atoms with Crippen LogP contribution in [0.4, 0.5) is 0 Å². The van der Waals surface area contributed by atoms with Crippen molar-refractivity contribution in [2.45, 2.75) is 109 Å². The molecular formula is C34H54N5O6. The van der Waals surface area contributed by atoms with Crippen LogP contribution >= 0.6 is 0 Å². The van der Waals surface area contributed by atoms with Crippen LogP contribution in [0.1, 0.15) is 78.2 Å². The summed E-state index contributed by atoms with van der Waals surface area (Å²) in [6.45, 7) is 7.74. The van der Waals surface area contributed by atoms with Gasteiger partial charge in [0.1, 0.15) is 12.1 Å². The number of carbonyl (C=O) groups is 4. The third-order valence-electron chi connectivity index (χ3n) is 9.17. The number of nitrogens with two attached hydrogens (primary N) is 2. The molecule has 3 unspecified atom stereocenters. The molecule has 2 aliphatic rings. The van der Waals surface area contributed by atoms with E-state index in [1.54, 1.807) is 38.1 Å². The van der Waals surface area contributed by atoms with E-state index < -0.39 is 59.8 Å². The van der Waals surface area contributed by atoms with Crippen molar-refractivity contribution in [2.75, 3.05) is 19.8 Å². The summed E-state index contributed by atoms with van der Waals surface area (Å²) in [5, 5.41) is 18.2. The molecule has 4 amide bonds. The van der Waals surface area contributed by atoms with Gasteiger partial charge < -0.3 is 26.6 Å². The number of nitrogens with one attached hydrogen (secondary N) is 1. The first-order valence-corrected chi connectivity index (χ1v) is 16.6. The molecule has 0 aromatic heterocycles. The molecule has 1 heterocycles. The van der Waals surface area contributed by atoms with Crippen LogP contribution in [-0.4, -0.2) is 83.7 Å². The molecule has 1 aliphatic carbocycles. The zero-order valence-corrected chi connectivity index (χ0v) is 27.4. The Morgan fingerprint density at radius 1 is 1.00 bits per heavy atom. The predicted octanol–water partition coefficient (Wildman–Crippen LogP) is 1.90. The highest BCUT2D eigenvalue weighted by molar-refractivity contribution is 6.14. The van der Waals surface area contributed by atoms with Gasteiger partial charge in [-0.15, -0.1) is 0 Å². The van der Waals surface area contributed by atoms with E-state index in [0.717, 1.165) is 31.2 Å². The first-order valence-electron chi connectivity index (χ1n) is 16.6. The van der Waals surface area contributed by atoms with E-state index in [1.807, 2.05) is 19.9 Å². The highest BCUT2D eigenvalue weighted by atomic mass is 16.5. The second-order valence-electron chi connectivity index (χ2n) is 13.4. The maximum Gasteiger partial charge on any atom is 0.258 e. The van der Waals surface area contributed by atoms with Gasteiger partial charge in [0, 0.05) is 24.9 Å². The number of rotatable bonds is 14. The Labute approximate surface area is 268 Å². The van der Waals surface area contributed by atoms with Crippen molar-refractivity contribution < 1.29 is 29.0 Å². The van der Waals surface area contributed by atoms with Gasteiger partial charge in [-0.25, -0.2) is 10.2 Å². The number of aliphatic hydroxyl groups excluding tert-OH is 1. The van der Waals surface area contributed by atoms with E-state index in [-0.39, 0.29) is 37.8 Å². The van der Waals surface area contributed by atoms with Crippen molar-refractivity contribution in [3.8, 4) is 0 Å². The molecule has 0 spiro atoms. The zero-order valence-electron chi connectivity index (χ0n) is 27.4. The second kappa shape index (κ2) is 17.9. The predicted molar refractivity (Wildman–Crippen MR) is 171 cm³/mol. The monoisotopic (exact) mass is 628 g/mol. The maximum absolute atomic E-state index is 14.4. The molecule has 1 aromatic rings. The molecule has 6 N–H and O–H groups in total. The SMILES string of the molecule is CC(C)C(C[C@H](O)[C@@H](N)CC1CCCCC1)C(=O)N(C(=O)C1COCC[N]1)C(=O)C(Cc1ccccc1)NC(=O)[C@@H](N)C(C)C. The third kappa shape index (κ3) is 10.7. The van der Waals surface area contributed by atoms with Crippen LogP contribution in [0.2, 0.25) is 0 Å². The van der Waals surface area contributed by atoms with Crippen molar-refractivity contribution in [3.05, 3.63) is 35.9 Å². The highest BCUT2D eigenvalue weighted by Crippen LogP contribution is 2.29. The Kier molecular flexibility index (Phi) is 14.6. The average Bonchev–Trinajstić information content (AvgIpc) is 3.03. The molecule has 1 saturated heterocycles. The minimum absolute atomic E-state index is 0.00626. The first kappa shape index (κ1) is 36.8. The van der Waals surface area contributed by atoms with Crippen LogP contribution in [0, 0.1) is 23.7 Å². The molecule has 1 aliphatic heterocycles. The van der Waals surface area contributed by atoms with Gasteiger partial charge in [-0.1, -0.05) is 90.1 Å². The normalized spacial score (nSPS) is 21.0. The van der Waals surface area contributed by atoms with Gasteiger partial charge in [-0.2, -0.15) is 0 Å². The zero-order chi connectivity index (χ0) is 33.1. The van der Waals surface area contributed by atoms with Gasteiger partial charge >= 0.3 is 0 Å². The van der Waals surface area contributed by atoms with Crippen molar-refractivity contribution in [2.24, 2.45) is 35.1 Å². The molecule has 6 atom stereocenters. The minimum atomic E-state index is -1.26. The number of amides is 4. The number of imide groups is 3. The van der Waals surface area contributed by atoms with Crippen molar-refractivity contribution in [3.63, 3.8) is 0 Å². The van der Waals surface area contributed by atoms with Crippen molar-refractivity contribution >= 4 is 23.6 Å². The largest absolute Gasteiger partial charge is 0.391 e. The van der Waals surface area contributed by atoms with Crippen molar-refractivity contribution in [1.29, 1.82) is 0 Å². The van der Waals surface area contributed by atoms with Gasteiger partial charge in [0.15, 0.2) is 0 Å². The van der Waals surface area contributed by atoms with Gasteiger partial charge in [0.2, 0.25) is 11.8 Å². The molecule has 0 bridgehead atoms. The summed E-state index contributed by atoms with van der Waals surface area (Å²) in [4.78, 5) is 56.4. The lowest BCUT2D eigenvalue weighted by Gasteiger charge is -2.34. The summed E-state index contributed by atoms with van der Waals surface area (Å²) in [5.74, 6) is -3.97. The third-order valence-corrected chi connectivity index (χ3v) is 9.17. The smallest absolute Gasteiger partial charge is 0.258 e. The molecule has 45 heavy (non-hydrogen) atoms. The number of hydrogen-bond acceptors (Lipinski definition) is 8. The number of carbonyl (C=O) groups excluding carboxylic acids is 4. The van der Waals surface area contributed by atoms with Crippen LogP contribution < -0.4 is 22.1 Å². The number of nitrogens with zero attached hydrogens (tertiary/aromatic N) is 2. The molecule has 1 radical (unpaired) electrons. The number of ether oxygens (including phenoxy) is 1. The molecule has 1 saturated carbocycles. The van der Waals surface area contributed by atoms with Gasteiger partial charge in [0.05, 0.1) is 25.4 Å². The summed E-state index contributed by atoms with van der Waals surface area (Å²) in [7, 11) is 0. The molecule has 11 nitrogen and oxygen atoms in total. The molecule has 3 rings (SSSR count). The van der Waals surface area contributed by atoms with Crippen LogP contribution in [0.3, 0.4) is 0 Å². The first-order chi connectivity index (χ1) is 21.4. The summed E-state index contributed by atoms with van der Waals surface area (Å²) >= 11 is 0. The minimum Gasteiger partial charge on any atom is -0.391 e. The lowest BCUT2D eigenvalue weighted by Crippen LogP contribution is -2.61. The van der Waals surface area contributed by atoms with Crippen LogP contribution in [-0.2, 0) is 30.3 Å². The summed E-state index contributed by atoms with van der Waals surface area (Å²) < 4.78 is 5.46. The maximum atomic E-state index is 14.4. The Balaban J connectivity index is 1.92. The van der Waals surface area contributed by atoms with E-state index in [2.05, 4.69) is 10.6 Å². The topological polar surface area (TPSA) is 179 Å². The van der Waals surface area contributed by atoms with Gasteiger partial charge in [0.25, 0.3) is 11.8 Å². The van der Waals surface area contributed by atoms with E-state index in [0.29, 0.717) is 23.8 Å². The second-order valence-corrected chi connectivity index (χ2v) is 13.4. The van der Waals surface area contributed by atoms with Crippen LogP contribution in [0.25, 0.3) is 0 Å². The number of benzene rings is 1. The van der Waals surface area contributed by atoms with E-state index in [4.69, 9.17) is 16.2 Å². The Morgan fingerprint density at radius 3 is 2.24 bits per heavy atom. The lowest BCUT2D eigenvalue weighted by molar-refractivity contribution is -0.161. The molecule has 1 aromatic carbocycles. The van der Waals surface area contributed by atoms with Gasteiger partial charge in [-0.3, -0.25) is 19.2 Å². The summed E-state index contributed by atoms with van der Waals surface area (Å²) in [6, 6.07) is 5.29. The molecule has 2 fully saturated rings. The number of morpholine rings is 1. The Morgan fingerprint density at radius 2 is 1.67 bits per heavy atom. The number of aliphatic hydroxyl groups is 1. The van der Waals surface area contributed by atoms with E-state index >= 15 is 0 Å². The average molecular weight is 629 g/mol. The Bertz CT molecular complexity index is 1100. The molecular weight excluding hydrogens is 574 g/mol. The van der Waals surface area contributed by atoms with Gasteiger partial charge in [-0.05, 0) is 36.2 Å². The van der Waals surface area contributed by atoms with E-state index in [9.17, 15) is 24.3 Å². The molecule has 251 valence electrons. The standard InChI is InChI=1S/C34H54N5O6/c1-21(2)25(19-29(40)26(35)17-23-11-7-5-8-12-23)32(42)39(34(44)28-20-45-16-15-37-28)33(43)27(18-24-13-9-6-10-14-24)38-31(41)30(36)22(3)4/h6,9-10,13-14,21-23,25-30,40H,5,7-8,11-12,15-20,35-36H2,1-4H3,(H,38,41)/t25?,26-,27?,28?,29-,30-/m0/s1. The fraction of sp³-hybridized carbons (Fsp3) is 0.706. The quantitative estimate of drug-likeness (QED) is 0.241. The molecule has 11 heteroatoms. The Hall–Kier alpha value is -2.70. The summed E-state index contributed by atoms with van der Waals surface area (Å²) in [6.07, 6.45) is 5.35. The lowest BCUT2D eigenvalue weighted by atomic mass is 9.81. The summed E-state index contributed by atoms with van der Waals surface area (Å²) in [5.41, 5.74) is 13.3. The highest BCUT2D eigenvalue weighted by Gasteiger charge is 2.43. The van der Waals surface area contributed by atoms with Crippen LogP contribution in [0.5, 0.6) is 0 Å². The van der Waals surface area contributed by atoms with E-state index in [1.165, 1.54) is 6.42 Å². The van der Waals surface area contributed by atoms with Crippen molar-refractivity contribution in [1.82, 2.24) is 15.5 Å². The van der Waals surface area contributed by atoms with Crippen LogP contribution in [0.15, 0.2) is 30.3 Å². The number of hydrogen-bond donors (Lipinski definition) is 4.